The minimum atomic E-state index is 0.470. The van der Waals surface area contributed by atoms with Crippen LogP contribution in [0.5, 0.6) is 0 Å². The fraction of sp³-hybridized carbons (Fsp3) is 0.227. The maximum absolute atomic E-state index is 8.86. The van der Waals surface area contributed by atoms with Gasteiger partial charge in [-0.2, -0.15) is 5.26 Å². The number of aromatic nitrogens is 4. The fourth-order valence-corrected chi connectivity index (χ4v) is 3.76. The Morgan fingerprint density at radius 2 is 2.03 bits per heavy atom. The number of nitriles is 1. The van der Waals surface area contributed by atoms with Gasteiger partial charge in [-0.05, 0) is 50.0 Å². The van der Waals surface area contributed by atoms with Gasteiger partial charge < -0.3 is 4.98 Å². The maximum Gasteiger partial charge on any atom is 0.204 e. The van der Waals surface area contributed by atoms with Gasteiger partial charge in [0.05, 0.1) is 18.4 Å². The lowest BCUT2D eigenvalue weighted by atomic mass is 10.1. The highest BCUT2D eigenvalue weighted by Crippen LogP contribution is 2.30. The van der Waals surface area contributed by atoms with Crippen LogP contribution in [0.1, 0.15) is 12.0 Å². The molecule has 29 heavy (non-hydrogen) atoms. The predicted molar refractivity (Wildman–Crippen MR) is 117 cm³/mol. The summed E-state index contributed by atoms with van der Waals surface area (Å²) in [6.45, 7) is 3.26. The van der Waals surface area contributed by atoms with Gasteiger partial charge in [-0.3, -0.25) is 9.47 Å². The van der Waals surface area contributed by atoms with E-state index in [0.29, 0.717) is 24.4 Å². The largest absolute Gasteiger partial charge is 0.360 e. The lowest BCUT2D eigenvalue weighted by Crippen LogP contribution is -2.23. The number of nitrogens with one attached hydrogen (secondary N) is 1. The third-order valence-corrected chi connectivity index (χ3v) is 5.30. The van der Waals surface area contributed by atoms with Crippen LogP contribution < -0.4 is 0 Å². The Labute approximate surface area is 174 Å². The molecule has 6 nitrogen and oxygen atoms in total. The number of para-hydroxylation sites is 1. The van der Waals surface area contributed by atoms with Gasteiger partial charge in [-0.25, -0.2) is 4.68 Å². The SMILES string of the molecule is Cc1cccc(-n2c(-c3c[nH]c4ccccc34)nn(CN(C)CCC#N)c2=S)c1. The van der Waals surface area contributed by atoms with E-state index in [1.54, 1.807) is 0 Å². The highest BCUT2D eigenvalue weighted by Gasteiger charge is 2.18. The van der Waals surface area contributed by atoms with E-state index >= 15 is 0 Å². The van der Waals surface area contributed by atoms with Gasteiger partial charge in [0, 0.05) is 35.6 Å². The third kappa shape index (κ3) is 3.73. The molecule has 0 aliphatic heterocycles. The molecule has 4 aromatic rings. The summed E-state index contributed by atoms with van der Waals surface area (Å²) in [7, 11) is 1.97. The number of benzene rings is 2. The minimum Gasteiger partial charge on any atom is -0.360 e. The monoisotopic (exact) mass is 402 g/mol. The zero-order valence-corrected chi connectivity index (χ0v) is 17.3. The number of fused-ring (bicyclic) bond motifs is 1. The van der Waals surface area contributed by atoms with Gasteiger partial charge in [0.2, 0.25) is 4.77 Å². The van der Waals surface area contributed by atoms with E-state index in [-0.39, 0.29) is 0 Å². The van der Waals surface area contributed by atoms with Gasteiger partial charge in [-0.1, -0.05) is 30.3 Å². The van der Waals surface area contributed by atoms with Crippen LogP contribution in [0.4, 0.5) is 0 Å². The molecule has 0 aliphatic rings. The maximum atomic E-state index is 8.86. The summed E-state index contributed by atoms with van der Waals surface area (Å²) in [6.07, 6.45) is 2.45. The summed E-state index contributed by atoms with van der Waals surface area (Å²) < 4.78 is 4.47. The quantitative estimate of drug-likeness (QED) is 0.476. The lowest BCUT2D eigenvalue weighted by molar-refractivity contribution is 0.257. The number of nitrogens with zero attached hydrogens (tertiary/aromatic N) is 5. The third-order valence-electron chi connectivity index (χ3n) is 4.91. The molecule has 0 saturated carbocycles. The molecule has 2 aromatic carbocycles. The summed E-state index contributed by atoms with van der Waals surface area (Å²) in [4.78, 5) is 5.38. The molecule has 0 fully saturated rings. The fourth-order valence-electron chi connectivity index (χ4n) is 3.47. The number of H-pyrrole nitrogens is 1. The van der Waals surface area contributed by atoms with Crippen molar-refractivity contribution in [3.63, 3.8) is 0 Å². The summed E-state index contributed by atoms with van der Waals surface area (Å²) in [6, 6.07) is 18.6. The standard InChI is InChI=1S/C22H22N6S/c1-16-7-5-8-17(13-16)28-21(19-14-24-20-10-4-3-9-18(19)20)25-27(22(28)29)15-26(2)12-6-11-23/h3-5,7-10,13-14,24H,6,12,15H2,1-2H3. The molecule has 146 valence electrons. The van der Waals surface area contributed by atoms with Crippen molar-refractivity contribution in [1.82, 2.24) is 24.2 Å². The normalized spacial score (nSPS) is 11.2. The molecule has 0 spiro atoms. The van der Waals surface area contributed by atoms with Crippen LogP contribution in [0.25, 0.3) is 28.0 Å². The molecule has 0 bridgehead atoms. The van der Waals surface area contributed by atoms with Crippen molar-refractivity contribution in [3.8, 4) is 23.1 Å². The molecule has 2 heterocycles. The Bertz CT molecular complexity index is 1260. The molecule has 2 aromatic heterocycles. The highest BCUT2D eigenvalue weighted by atomic mass is 32.1. The van der Waals surface area contributed by atoms with Gasteiger partial charge in [0.15, 0.2) is 5.82 Å². The molecular weight excluding hydrogens is 380 g/mol. The van der Waals surface area contributed by atoms with Crippen molar-refractivity contribution in [2.75, 3.05) is 13.6 Å². The Morgan fingerprint density at radius 3 is 2.83 bits per heavy atom. The number of rotatable bonds is 6. The zero-order valence-electron chi connectivity index (χ0n) is 16.5. The van der Waals surface area contributed by atoms with Gasteiger partial charge in [-0.15, -0.1) is 5.10 Å². The van der Waals surface area contributed by atoms with Crippen molar-refractivity contribution in [1.29, 1.82) is 5.26 Å². The molecule has 1 N–H and O–H groups in total. The van der Waals surface area contributed by atoms with Crippen molar-refractivity contribution >= 4 is 23.1 Å². The average Bonchev–Trinajstić information content (AvgIpc) is 3.27. The predicted octanol–water partition coefficient (Wildman–Crippen LogP) is 4.66. The second-order valence-corrected chi connectivity index (χ2v) is 7.52. The Hall–Kier alpha value is -3.21. The van der Waals surface area contributed by atoms with Gasteiger partial charge in [0.1, 0.15) is 0 Å². The first-order chi connectivity index (χ1) is 14.1. The summed E-state index contributed by atoms with van der Waals surface area (Å²) >= 11 is 5.83. The molecule has 0 radical (unpaired) electrons. The first-order valence-electron chi connectivity index (χ1n) is 9.47. The van der Waals surface area contributed by atoms with E-state index in [9.17, 15) is 0 Å². The summed E-state index contributed by atoms with van der Waals surface area (Å²) in [5.74, 6) is 0.798. The van der Waals surface area contributed by atoms with Crippen LogP contribution in [-0.4, -0.2) is 37.8 Å². The van der Waals surface area contributed by atoms with Crippen LogP contribution in [0.3, 0.4) is 0 Å². The number of aryl methyl sites for hydroxylation is 1. The Kier molecular flexibility index (Phi) is 5.30. The second kappa shape index (κ2) is 8.03. The second-order valence-electron chi connectivity index (χ2n) is 7.16. The van der Waals surface area contributed by atoms with Crippen LogP contribution in [0.2, 0.25) is 0 Å². The van der Waals surface area contributed by atoms with E-state index in [1.165, 1.54) is 0 Å². The number of hydrogen-bond acceptors (Lipinski definition) is 4. The topological polar surface area (TPSA) is 65.6 Å². The number of aromatic amines is 1. The molecular formula is C22H22N6S. The Balaban J connectivity index is 1.88. The average molecular weight is 403 g/mol. The van der Waals surface area contributed by atoms with E-state index in [0.717, 1.165) is 33.5 Å². The molecule has 0 atom stereocenters. The number of hydrogen-bond donors (Lipinski definition) is 1. The Morgan fingerprint density at radius 1 is 1.21 bits per heavy atom. The van der Waals surface area contributed by atoms with E-state index in [1.807, 2.05) is 51.7 Å². The molecule has 4 rings (SSSR count). The zero-order chi connectivity index (χ0) is 20.4. The van der Waals surface area contributed by atoms with Gasteiger partial charge in [0.25, 0.3) is 0 Å². The van der Waals surface area contributed by atoms with Crippen molar-refractivity contribution in [2.24, 2.45) is 0 Å². The molecule has 0 amide bonds. The highest BCUT2D eigenvalue weighted by molar-refractivity contribution is 7.71. The van der Waals surface area contributed by atoms with Crippen LogP contribution in [0.15, 0.2) is 54.7 Å². The van der Waals surface area contributed by atoms with E-state index in [2.05, 4.69) is 42.2 Å². The molecule has 0 saturated heterocycles. The van der Waals surface area contributed by atoms with Crippen LogP contribution in [-0.2, 0) is 6.67 Å². The smallest absolute Gasteiger partial charge is 0.204 e. The summed E-state index contributed by atoms with van der Waals surface area (Å²) in [5.41, 5.74) is 4.21. The summed E-state index contributed by atoms with van der Waals surface area (Å²) in [5, 5.41) is 14.8. The minimum absolute atomic E-state index is 0.470. The first-order valence-corrected chi connectivity index (χ1v) is 9.88. The van der Waals surface area contributed by atoms with E-state index < -0.39 is 0 Å². The molecule has 0 aliphatic carbocycles. The van der Waals surface area contributed by atoms with E-state index in [4.69, 9.17) is 22.6 Å². The van der Waals surface area contributed by atoms with Crippen molar-refractivity contribution < 1.29 is 0 Å². The molecule has 7 heteroatoms. The van der Waals surface area contributed by atoms with Crippen LogP contribution >= 0.6 is 12.2 Å². The first kappa shape index (κ1) is 19.1. The van der Waals surface area contributed by atoms with Crippen molar-refractivity contribution in [2.45, 2.75) is 20.0 Å². The van der Waals surface area contributed by atoms with Crippen LogP contribution in [0, 0.1) is 23.0 Å². The van der Waals surface area contributed by atoms with Gasteiger partial charge >= 0.3 is 0 Å². The molecule has 0 unspecified atom stereocenters. The van der Waals surface area contributed by atoms with Crippen molar-refractivity contribution in [3.05, 3.63) is 65.1 Å². The lowest BCUT2D eigenvalue weighted by Gasteiger charge is -2.14.